The summed E-state index contributed by atoms with van der Waals surface area (Å²) in [7, 11) is 3.19. The zero-order valence-corrected chi connectivity index (χ0v) is 19.0. The molecule has 2 aromatic carbocycles. The van der Waals surface area contributed by atoms with Crippen molar-refractivity contribution >= 4 is 40.0 Å². The average Bonchev–Trinajstić information content (AvgIpc) is 3.24. The van der Waals surface area contributed by atoms with Gasteiger partial charge in [0.05, 0.1) is 19.2 Å². The number of carbonyl (C=O) groups is 1. The van der Waals surface area contributed by atoms with E-state index in [0.29, 0.717) is 11.5 Å². The van der Waals surface area contributed by atoms with Gasteiger partial charge in [0.15, 0.2) is 11.5 Å². The summed E-state index contributed by atoms with van der Waals surface area (Å²) in [5.41, 5.74) is 2.97. The lowest BCUT2D eigenvalue weighted by Crippen LogP contribution is -2.30. The first-order chi connectivity index (χ1) is 15.5. The molecule has 0 radical (unpaired) electrons. The van der Waals surface area contributed by atoms with Crippen molar-refractivity contribution in [2.24, 2.45) is 0 Å². The Morgan fingerprint density at radius 3 is 2.62 bits per heavy atom. The predicted molar refractivity (Wildman–Crippen MR) is 126 cm³/mol. The number of pyridine rings is 1. The first-order valence-corrected chi connectivity index (χ1v) is 10.7. The highest BCUT2D eigenvalue weighted by molar-refractivity contribution is 6.34. The van der Waals surface area contributed by atoms with Gasteiger partial charge in [-0.15, -0.1) is 0 Å². The molecule has 2 aromatic heterocycles. The lowest BCUT2D eigenvalue weighted by atomic mass is 9.89. The van der Waals surface area contributed by atoms with Crippen LogP contribution in [0.25, 0.3) is 10.9 Å². The number of halogens is 2. The van der Waals surface area contributed by atoms with E-state index in [9.17, 15) is 4.79 Å². The minimum Gasteiger partial charge on any atom is -0.493 e. The fourth-order valence-corrected chi connectivity index (χ4v) is 4.15. The fraction of sp³-hybridized carbons (Fsp3) is 0.167. The van der Waals surface area contributed by atoms with Gasteiger partial charge in [-0.2, -0.15) is 0 Å². The molecule has 2 heterocycles. The van der Waals surface area contributed by atoms with E-state index >= 15 is 0 Å². The van der Waals surface area contributed by atoms with Crippen LogP contribution in [0.5, 0.6) is 11.5 Å². The Morgan fingerprint density at radius 1 is 1.03 bits per heavy atom. The Hall–Kier alpha value is -3.22. The zero-order chi connectivity index (χ0) is 22.7. The molecule has 0 aliphatic carbocycles. The van der Waals surface area contributed by atoms with E-state index in [1.54, 1.807) is 20.3 Å². The number of aromatic amines is 1. The quantitative estimate of drug-likeness (QED) is 0.353. The number of hydrogen-bond acceptors (Lipinski definition) is 4. The zero-order valence-electron chi connectivity index (χ0n) is 17.5. The lowest BCUT2D eigenvalue weighted by molar-refractivity contribution is 0.0947. The summed E-state index contributed by atoms with van der Waals surface area (Å²) in [6, 6.07) is 16.8. The molecule has 2 N–H and O–H groups in total. The second-order valence-electron chi connectivity index (χ2n) is 7.10. The van der Waals surface area contributed by atoms with Crippen LogP contribution in [0.15, 0.2) is 60.8 Å². The van der Waals surface area contributed by atoms with Crippen LogP contribution < -0.4 is 14.8 Å². The Labute approximate surface area is 195 Å². The van der Waals surface area contributed by atoms with Crippen molar-refractivity contribution in [1.82, 2.24) is 15.3 Å². The average molecular weight is 470 g/mol. The van der Waals surface area contributed by atoms with Crippen molar-refractivity contribution in [2.45, 2.75) is 5.92 Å². The fourth-order valence-electron chi connectivity index (χ4n) is 3.81. The molecule has 0 saturated heterocycles. The number of para-hydroxylation sites is 2. The van der Waals surface area contributed by atoms with Crippen molar-refractivity contribution in [2.75, 3.05) is 20.8 Å². The third kappa shape index (κ3) is 4.24. The van der Waals surface area contributed by atoms with Gasteiger partial charge in [0, 0.05) is 35.1 Å². The maximum absolute atomic E-state index is 12.9. The van der Waals surface area contributed by atoms with Gasteiger partial charge in [0.2, 0.25) is 0 Å². The second-order valence-corrected chi connectivity index (χ2v) is 7.89. The molecule has 8 heteroatoms. The topological polar surface area (TPSA) is 76.2 Å². The van der Waals surface area contributed by atoms with Crippen LogP contribution in [0, 0.1) is 0 Å². The maximum atomic E-state index is 12.9. The van der Waals surface area contributed by atoms with Gasteiger partial charge in [-0.1, -0.05) is 53.5 Å². The van der Waals surface area contributed by atoms with E-state index in [1.807, 2.05) is 48.7 Å². The number of fused-ring (bicyclic) bond motifs is 1. The number of hydrogen-bond donors (Lipinski definition) is 2. The van der Waals surface area contributed by atoms with Crippen molar-refractivity contribution < 1.29 is 14.3 Å². The molecule has 0 saturated carbocycles. The molecule has 1 atom stereocenters. The Morgan fingerprint density at radius 2 is 1.84 bits per heavy atom. The smallest absolute Gasteiger partial charge is 0.271 e. The van der Waals surface area contributed by atoms with E-state index < -0.39 is 5.91 Å². The molecule has 0 bridgehead atoms. The van der Waals surface area contributed by atoms with Gasteiger partial charge < -0.3 is 19.8 Å². The molecule has 0 aliphatic heterocycles. The summed E-state index contributed by atoms with van der Waals surface area (Å²) in [5.74, 6) is 0.571. The minimum absolute atomic E-state index is 0.0782. The minimum atomic E-state index is -0.413. The molecule has 0 spiro atoms. The molecule has 4 aromatic rings. The van der Waals surface area contributed by atoms with Crippen LogP contribution in [0.3, 0.4) is 0 Å². The maximum Gasteiger partial charge on any atom is 0.271 e. The SMILES string of the molecule is COc1cccc(C(CNC(=O)c2nc(Cl)ccc2Cl)c2c[nH]c3ccccc23)c1OC. The number of carbonyl (C=O) groups excluding carboxylic acids is 1. The molecule has 0 fully saturated rings. The molecule has 0 aliphatic rings. The molecule has 1 unspecified atom stereocenters. The number of rotatable bonds is 7. The number of nitrogens with one attached hydrogen (secondary N) is 2. The third-order valence-electron chi connectivity index (χ3n) is 5.30. The largest absolute Gasteiger partial charge is 0.493 e. The van der Waals surface area contributed by atoms with Crippen LogP contribution in [-0.2, 0) is 0 Å². The van der Waals surface area contributed by atoms with Crippen LogP contribution in [0.2, 0.25) is 10.2 Å². The van der Waals surface area contributed by atoms with E-state index in [0.717, 1.165) is 22.0 Å². The number of benzene rings is 2. The molecular formula is C24H21Cl2N3O3. The van der Waals surface area contributed by atoms with Gasteiger partial charge in [-0.25, -0.2) is 4.98 Å². The van der Waals surface area contributed by atoms with Crippen LogP contribution in [0.1, 0.15) is 27.5 Å². The van der Waals surface area contributed by atoms with Gasteiger partial charge in [0.25, 0.3) is 5.91 Å². The molecule has 164 valence electrons. The number of ether oxygens (including phenoxy) is 2. The van der Waals surface area contributed by atoms with E-state index in [4.69, 9.17) is 32.7 Å². The first kappa shape index (κ1) is 22.0. The third-order valence-corrected chi connectivity index (χ3v) is 5.81. The molecule has 1 amide bonds. The summed E-state index contributed by atoms with van der Waals surface area (Å²) >= 11 is 12.1. The predicted octanol–water partition coefficient (Wildman–Crippen LogP) is 5.45. The highest BCUT2D eigenvalue weighted by Gasteiger charge is 2.25. The van der Waals surface area contributed by atoms with Crippen LogP contribution in [-0.4, -0.2) is 36.6 Å². The molecule has 4 rings (SSSR count). The summed E-state index contributed by atoms with van der Waals surface area (Å²) in [6.07, 6.45) is 1.95. The standard InChI is InChI=1S/C24H21Cl2N3O3/c1-31-20-9-5-7-15(23(20)32-2)17(16-12-27-19-8-4-3-6-14(16)19)13-28-24(30)22-18(25)10-11-21(26)29-22/h3-12,17,27H,13H2,1-2H3,(H,28,30). The number of H-pyrrole nitrogens is 1. The number of amides is 1. The monoisotopic (exact) mass is 469 g/mol. The van der Waals surface area contributed by atoms with E-state index in [-0.39, 0.29) is 28.3 Å². The van der Waals surface area contributed by atoms with E-state index in [2.05, 4.69) is 15.3 Å². The van der Waals surface area contributed by atoms with Gasteiger partial charge in [-0.05, 0) is 29.8 Å². The molecular weight excluding hydrogens is 449 g/mol. The first-order valence-electron chi connectivity index (χ1n) is 9.90. The summed E-state index contributed by atoms with van der Waals surface area (Å²) in [6.45, 7) is 0.273. The van der Waals surface area contributed by atoms with E-state index in [1.165, 1.54) is 6.07 Å². The van der Waals surface area contributed by atoms with Gasteiger partial charge >= 0.3 is 0 Å². The summed E-state index contributed by atoms with van der Waals surface area (Å²) < 4.78 is 11.2. The number of aromatic nitrogens is 2. The van der Waals surface area contributed by atoms with Crippen LogP contribution in [0.4, 0.5) is 0 Å². The Kier molecular flexibility index (Phi) is 6.53. The number of methoxy groups -OCH3 is 2. The molecule has 32 heavy (non-hydrogen) atoms. The van der Waals surface area contributed by atoms with Gasteiger partial charge in [0.1, 0.15) is 10.8 Å². The normalized spacial score (nSPS) is 11.9. The van der Waals surface area contributed by atoms with Crippen molar-refractivity contribution in [3.63, 3.8) is 0 Å². The summed E-state index contributed by atoms with van der Waals surface area (Å²) in [4.78, 5) is 20.3. The van der Waals surface area contributed by atoms with Crippen molar-refractivity contribution in [3.8, 4) is 11.5 Å². The second kappa shape index (κ2) is 9.51. The Bertz CT molecular complexity index is 1270. The molecule has 6 nitrogen and oxygen atoms in total. The summed E-state index contributed by atoms with van der Waals surface area (Å²) in [5, 5.41) is 4.43. The van der Waals surface area contributed by atoms with Gasteiger partial charge in [-0.3, -0.25) is 4.79 Å². The highest BCUT2D eigenvalue weighted by Crippen LogP contribution is 2.40. The van der Waals surface area contributed by atoms with Crippen molar-refractivity contribution in [1.29, 1.82) is 0 Å². The van der Waals surface area contributed by atoms with Crippen LogP contribution >= 0.6 is 23.2 Å². The number of nitrogens with zero attached hydrogens (tertiary/aromatic N) is 1. The highest BCUT2D eigenvalue weighted by atomic mass is 35.5. The Balaban J connectivity index is 1.75. The lowest BCUT2D eigenvalue weighted by Gasteiger charge is -2.22. The van der Waals surface area contributed by atoms with Crippen molar-refractivity contribution in [3.05, 3.63) is 87.8 Å².